The van der Waals surface area contributed by atoms with Crippen LogP contribution in [0.15, 0.2) is 30.3 Å². The second kappa shape index (κ2) is 11.9. The molecule has 0 spiro atoms. The summed E-state index contributed by atoms with van der Waals surface area (Å²) in [5.41, 5.74) is 1.46. The molecule has 1 heterocycles. The molecule has 2 aromatic rings. The lowest BCUT2D eigenvalue weighted by atomic mass is 9.92. The Kier molecular flexibility index (Phi) is 9.22. The van der Waals surface area contributed by atoms with Gasteiger partial charge in [-0.3, -0.25) is 4.79 Å². The maximum atomic E-state index is 13.2. The van der Waals surface area contributed by atoms with Crippen LogP contribution in [0.25, 0.3) is 5.69 Å². The minimum Gasteiger partial charge on any atom is -0.335 e. The van der Waals surface area contributed by atoms with Crippen molar-refractivity contribution in [2.45, 2.75) is 84.6 Å². The number of amides is 3. The second-order valence-electron chi connectivity index (χ2n) is 11.0. The van der Waals surface area contributed by atoms with Gasteiger partial charge in [0.25, 0.3) is 0 Å². The highest BCUT2D eigenvalue weighted by Gasteiger charge is 2.24. The zero-order valence-corrected chi connectivity index (χ0v) is 22.5. The Labute approximate surface area is 214 Å². The zero-order chi connectivity index (χ0) is 25.6. The van der Waals surface area contributed by atoms with Crippen molar-refractivity contribution in [1.29, 1.82) is 0 Å². The van der Waals surface area contributed by atoms with Crippen molar-refractivity contribution in [1.82, 2.24) is 20.0 Å². The molecule has 1 aromatic carbocycles. The van der Waals surface area contributed by atoms with E-state index in [0.29, 0.717) is 23.3 Å². The van der Waals surface area contributed by atoms with Crippen molar-refractivity contribution in [2.75, 3.05) is 18.4 Å². The van der Waals surface area contributed by atoms with Gasteiger partial charge in [-0.05, 0) is 49.4 Å². The van der Waals surface area contributed by atoms with Crippen molar-refractivity contribution in [3.63, 3.8) is 0 Å². The fraction of sp³-hybridized carbons (Fsp3) is 0.593. The summed E-state index contributed by atoms with van der Waals surface area (Å²) >= 11 is 6.07. The maximum Gasteiger partial charge on any atom is 0.318 e. The van der Waals surface area contributed by atoms with E-state index in [1.54, 1.807) is 21.7 Å². The quantitative estimate of drug-likeness (QED) is 0.455. The lowest BCUT2D eigenvalue weighted by Gasteiger charge is -2.28. The number of rotatable bonds is 8. The number of carbonyl (C=O) groups is 2. The Bertz CT molecular complexity index is 988. The number of benzene rings is 1. The van der Waals surface area contributed by atoms with Crippen LogP contribution in [0.2, 0.25) is 5.02 Å². The monoisotopic (exact) mass is 501 g/mol. The highest BCUT2D eigenvalue weighted by atomic mass is 35.5. The molecular formula is C27H40ClN5O2. The summed E-state index contributed by atoms with van der Waals surface area (Å²) in [5.74, 6) is 0.755. The van der Waals surface area contributed by atoms with Crippen LogP contribution >= 0.6 is 11.6 Å². The average molecular weight is 502 g/mol. The smallest absolute Gasteiger partial charge is 0.318 e. The second-order valence-corrected chi connectivity index (χ2v) is 11.4. The van der Waals surface area contributed by atoms with Gasteiger partial charge in [-0.2, -0.15) is 5.10 Å². The van der Waals surface area contributed by atoms with Crippen LogP contribution in [-0.4, -0.2) is 45.8 Å². The summed E-state index contributed by atoms with van der Waals surface area (Å²) < 4.78 is 1.72. The maximum absolute atomic E-state index is 13.2. The molecule has 0 unspecified atom stereocenters. The van der Waals surface area contributed by atoms with Crippen molar-refractivity contribution >= 4 is 29.4 Å². The largest absolute Gasteiger partial charge is 0.335 e. The summed E-state index contributed by atoms with van der Waals surface area (Å²) in [6.45, 7) is 11.0. The molecule has 0 atom stereocenters. The van der Waals surface area contributed by atoms with E-state index in [1.807, 2.05) is 18.2 Å². The van der Waals surface area contributed by atoms with E-state index in [4.69, 9.17) is 16.7 Å². The predicted molar refractivity (Wildman–Crippen MR) is 142 cm³/mol. The van der Waals surface area contributed by atoms with Crippen LogP contribution < -0.4 is 10.6 Å². The van der Waals surface area contributed by atoms with Gasteiger partial charge in [0.05, 0.1) is 11.4 Å². The molecule has 1 aromatic heterocycles. The van der Waals surface area contributed by atoms with Gasteiger partial charge in [-0.1, -0.05) is 65.5 Å². The molecule has 1 saturated carbocycles. The summed E-state index contributed by atoms with van der Waals surface area (Å²) in [4.78, 5) is 27.9. The number of carbonyl (C=O) groups excluding carboxylic acids is 2. The molecule has 0 radical (unpaired) electrons. The van der Waals surface area contributed by atoms with E-state index in [1.165, 1.54) is 6.42 Å². The van der Waals surface area contributed by atoms with Gasteiger partial charge >= 0.3 is 6.03 Å². The topological polar surface area (TPSA) is 79.3 Å². The van der Waals surface area contributed by atoms with E-state index in [-0.39, 0.29) is 29.9 Å². The van der Waals surface area contributed by atoms with Gasteiger partial charge in [0.15, 0.2) is 0 Å². The van der Waals surface area contributed by atoms with Gasteiger partial charge in [0.1, 0.15) is 12.4 Å². The molecule has 8 heteroatoms. The lowest BCUT2D eigenvalue weighted by molar-refractivity contribution is -0.116. The van der Waals surface area contributed by atoms with Crippen molar-refractivity contribution in [3.05, 3.63) is 41.0 Å². The molecule has 3 rings (SSSR count). The van der Waals surface area contributed by atoms with Crippen molar-refractivity contribution in [2.24, 2.45) is 5.92 Å². The SMILES string of the molecule is CC(C)CCN(CC(=O)Nc1cc(C(C)(C)C)nn1-c1ccc(Cl)cc1)C(=O)NC1CCCCC1. The van der Waals surface area contributed by atoms with Gasteiger partial charge in [0, 0.05) is 29.1 Å². The Hall–Kier alpha value is -2.54. The Morgan fingerprint density at radius 1 is 1.14 bits per heavy atom. The van der Waals surface area contributed by atoms with E-state index in [2.05, 4.69) is 45.3 Å². The van der Waals surface area contributed by atoms with Crippen LogP contribution in [0, 0.1) is 5.92 Å². The molecular weight excluding hydrogens is 462 g/mol. The molecule has 35 heavy (non-hydrogen) atoms. The average Bonchev–Trinajstić information content (AvgIpc) is 3.22. The molecule has 7 nitrogen and oxygen atoms in total. The zero-order valence-electron chi connectivity index (χ0n) is 21.7. The first kappa shape index (κ1) is 27.1. The highest BCUT2D eigenvalue weighted by Crippen LogP contribution is 2.27. The molecule has 0 bridgehead atoms. The van der Waals surface area contributed by atoms with Gasteiger partial charge in [-0.15, -0.1) is 0 Å². The lowest BCUT2D eigenvalue weighted by Crippen LogP contribution is -2.48. The fourth-order valence-electron chi connectivity index (χ4n) is 4.15. The van der Waals surface area contributed by atoms with Crippen molar-refractivity contribution in [3.8, 4) is 5.69 Å². The summed E-state index contributed by atoms with van der Waals surface area (Å²) in [7, 11) is 0. The molecule has 1 aliphatic carbocycles. The molecule has 2 N–H and O–H groups in total. The Balaban J connectivity index is 1.76. The third kappa shape index (κ3) is 7.99. The van der Waals surface area contributed by atoms with Crippen molar-refractivity contribution < 1.29 is 9.59 Å². The number of halogens is 1. The number of hydrogen-bond donors (Lipinski definition) is 2. The number of urea groups is 1. The molecule has 1 fully saturated rings. The number of aromatic nitrogens is 2. The normalized spacial score (nSPS) is 14.7. The summed E-state index contributed by atoms with van der Waals surface area (Å²) in [5, 5.41) is 11.5. The van der Waals surface area contributed by atoms with E-state index in [9.17, 15) is 9.59 Å². The first-order chi connectivity index (χ1) is 16.5. The highest BCUT2D eigenvalue weighted by molar-refractivity contribution is 6.30. The first-order valence-electron chi connectivity index (χ1n) is 12.7. The first-order valence-corrected chi connectivity index (χ1v) is 13.1. The third-order valence-corrected chi connectivity index (χ3v) is 6.60. The minimum absolute atomic E-state index is 0.0120. The molecule has 192 valence electrons. The van der Waals surface area contributed by atoms with Crippen LogP contribution in [0.3, 0.4) is 0 Å². The van der Waals surface area contributed by atoms with Crippen LogP contribution in [0.4, 0.5) is 10.6 Å². The Morgan fingerprint density at radius 2 is 1.80 bits per heavy atom. The van der Waals surface area contributed by atoms with E-state index < -0.39 is 0 Å². The van der Waals surface area contributed by atoms with E-state index in [0.717, 1.165) is 43.5 Å². The standard InChI is InChI=1S/C27H40ClN5O2/c1-19(2)15-16-32(26(35)29-21-9-7-6-8-10-21)18-25(34)30-24-17-23(27(3,4)5)31-33(24)22-13-11-20(28)12-14-22/h11-14,17,19,21H,6-10,15-16,18H2,1-5H3,(H,29,35)(H,30,34). The van der Waals surface area contributed by atoms with E-state index >= 15 is 0 Å². The molecule has 0 saturated heterocycles. The third-order valence-electron chi connectivity index (χ3n) is 6.35. The van der Waals surface area contributed by atoms with Gasteiger partial charge in [-0.25, -0.2) is 9.48 Å². The number of hydrogen-bond acceptors (Lipinski definition) is 3. The van der Waals surface area contributed by atoms with Crippen LogP contribution in [0.1, 0.15) is 78.8 Å². The molecule has 1 aliphatic rings. The fourth-order valence-corrected chi connectivity index (χ4v) is 4.28. The van der Waals surface area contributed by atoms with Crippen LogP contribution in [-0.2, 0) is 10.2 Å². The predicted octanol–water partition coefficient (Wildman–Crippen LogP) is 6.15. The number of anilines is 1. The molecule has 0 aliphatic heterocycles. The minimum atomic E-state index is -0.247. The molecule has 3 amide bonds. The van der Waals surface area contributed by atoms with Crippen LogP contribution in [0.5, 0.6) is 0 Å². The Morgan fingerprint density at radius 3 is 2.40 bits per heavy atom. The number of nitrogens with one attached hydrogen (secondary N) is 2. The van der Waals surface area contributed by atoms with Gasteiger partial charge < -0.3 is 15.5 Å². The summed E-state index contributed by atoms with van der Waals surface area (Å²) in [6, 6.07) is 9.26. The number of nitrogens with zero attached hydrogens (tertiary/aromatic N) is 3. The summed E-state index contributed by atoms with van der Waals surface area (Å²) in [6.07, 6.45) is 6.36. The van der Waals surface area contributed by atoms with Gasteiger partial charge in [0.2, 0.25) is 5.91 Å².